The number of nitrogens with zero attached hydrogens (tertiary/aromatic N) is 2. The summed E-state index contributed by atoms with van der Waals surface area (Å²) in [7, 11) is 0. The van der Waals surface area contributed by atoms with E-state index in [2.05, 4.69) is 34.3 Å². The van der Waals surface area contributed by atoms with Crippen LogP contribution in [0.1, 0.15) is 24.8 Å². The Kier molecular flexibility index (Phi) is 11.1. The number of hydrogen-bond donors (Lipinski definition) is 1. The fraction of sp³-hybridized carbons (Fsp3) is 0.429. The number of amides is 1. The number of nitrogens with one attached hydrogen (secondary N) is 1. The molecule has 7 nitrogen and oxygen atoms in total. The van der Waals surface area contributed by atoms with Gasteiger partial charge in [-0.25, -0.2) is 0 Å². The Labute approximate surface area is 207 Å². The summed E-state index contributed by atoms with van der Waals surface area (Å²) in [4.78, 5) is 14.8. The third kappa shape index (κ3) is 8.73. The average molecular weight is 476 g/mol. The van der Waals surface area contributed by atoms with Crippen molar-refractivity contribution in [3.8, 4) is 18.4 Å². The summed E-state index contributed by atoms with van der Waals surface area (Å²) in [5.41, 5.74) is 2.12. The van der Waals surface area contributed by atoms with Gasteiger partial charge >= 0.3 is 0 Å². The van der Waals surface area contributed by atoms with Crippen molar-refractivity contribution in [1.82, 2.24) is 5.32 Å². The summed E-state index contributed by atoms with van der Waals surface area (Å²) < 4.78 is 15.9. The normalized spacial score (nSPS) is 13.9. The van der Waals surface area contributed by atoms with Gasteiger partial charge in [0.15, 0.2) is 0 Å². The van der Waals surface area contributed by atoms with Gasteiger partial charge in [-0.1, -0.05) is 24.1 Å². The second-order valence-electron chi connectivity index (χ2n) is 8.25. The first-order chi connectivity index (χ1) is 17.2. The van der Waals surface area contributed by atoms with Crippen molar-refractivity contribution in [3.63, 3.8) is 0 Å². The zero-order valence-corrected chi connectivity index (χ0v) is 20.1. The molecule has 1 N–H and O–H groups in total. The average Bonchev–Trinajstić information content (AvgIpc) is 2.90. The Balaban J connectivity index is 1.44. The lowest BCUT2D eigenvalue weighted by molar-refractivity contribution is -0.117. The fourth-order valence-corrected chi connectivity index (χ4v) is 3.91. The minimum atomic E-state index is -0.418. The van der Waals surface area contributed by atoms with Crippen LogP contribution in [-0.2, 0) is 19.0 Å². The van der Waals surface area contributed by atoms with E-state index < -0.39 is 5.91 Å². The molecule has 1 amide bonds. The van der Waals surface area contributed by atoms with Crippen molar-refractivity contribution in [2.24, 2.45) is 0 Å². The van der Waals surface area contributed by atoms with Crippen LogP contribution in [-0.4, -0.2) is 65.2 Å². The number of piperidine rings is 1. The van der Waals surface area contributed by atoms with Gasteiger partial charge in [0.25, 0.3) is 5.91 Å². The number of benzene rings is 2. The van der Waals surface area contributed by atoms with E-state index in [1.165, 1.54) is 24.9 Å². The zero-order valence-electron chi connectivity index (χ0n) is 20.1. The molecule has 2 aromatic carbocycles. The van der Waals surface area contributed by atoms with Gasteiger partial charge in [-0.2, -0.15) is 5.26 Å². The zero-order chi connectivity index (χ0) is 24.7. The number of ether oxygens (including phenoxy) is 3. The molecule has 1 fully saturated rings. The number of carbonyl (C=O) groups is 1. The maximum atomic E-state index is 12.4. The van der Waals surface area contributed by atoms with Gasteiger partial charge in [-0.05, 0) is 59.9 Å². The lowest BCUT2D eigenvalue weighted by Crippen LogP contribution is -2.29. The van der Waals surface area contributed by atoms with Crippen LogP contribution in [0.4, 0.5) is 5.69 Å². The lowest BCUT2D eigenvalue weighted by Gasteiger charge is -2.29. The molecule has 0 aliphatic carbocycles. The topological polar surface area (TPSA) is 83.8 Å². The fourth-order valence-electron chi connectivity index (χ4n) is 3.91. The Hall–Kier alpha value is -3.36. The summed E-state index contributed by atoms with van der Waals surface area (Å²) in [5, 5.41) is 14.4. The second kappa shape index (κ2) is 14.8. The highest BCUT2D eigenvalue weighted by atomic mass is 16.5. The standard InChI is InChI=1S/C28H33N3O4/c1-2-13-33-15-17-35-18-16-34-14-10-30-28(32)26(22-29)20-23-6-7-25-21-27(9-8-24(25)19-23)31-11-4-3-5-12-31/h1,6-9,19-21H,3-5,10-18H2,(H,30,32)/b26-20-. The molecule has 3 rings (SSSR count). The van der Waals surface area contributed by atoms with Crippen molar-refractivity contribution in [3.05, 3.63) is 47.5 Å². The van der Waals surface area contributed by atoms with Crippen molar-refractivity contribution in [2.75, 3.05) is 64.2 Å². The van der Waals surface area contributed by atoms with Crippen LogP contribution in [0.2, 0.25) is 0 Å². The highest BCUT2D eigenvalue weighted by Crippen LogP contribution is 2.26. The summed E-state index contributed by atoms with van der Waals surface area (Å²) in [6, 6.07) is 14.4. The van der Waals surface area contributed by atoms with Gasteiger partial charge in [-0.15, -0.1) is 6.42 Å². The molecule has 1 saturated heterocycles. The Morgan fingerprint density at radius 1 is 0.971 bits per heavy atom. The van der Waals surface area contributed by atoms with Gasteiger partial charge in [0.2, 0.25) is 0 Å². The number of nitriles is 1. The van der Waals surface area contributed by atoms with E-state index in [0.717, 1.165) is 29.4 Å². The first-order valence-electron chi connectivity index (χ1n) is 12.1. The van der Waals surface area contributed by atoms with E-state index in [4.69, 9.17) is 20.6 Å². The highest BCUT2D eigenvalue weighted by Gasteiger charge is 2.12. The van der Waals surface area contributed by atoms with Gasteiger partial charge in [0.1, 0.15) is 18.2 Å². The molecular formula is C28H33N3O4. The molecule has 0 aromatic heterocycles. The largest absolute Gasteiger partial charge is 0.377 e. The summed E-state index contributed by atoms with van der Waals surface area (Å²) in [5.74, 6) is 1.97. The van der Waals surface area contributed by atoms with E-state index >= 15 is 0 Å². The van der Waals surface area contributed by atoms with E-state index in [0.29, 0.717) is 39.6 Å². The molecule has 0 atom stereocenters. The van der Waals surface area contributed by atoms with Crippen LogP contribution in [0.25, 0.3) is 16.8 Å². The first-order valence-corrected chi connectivity index (χ1v) is 12.1. The van der Waals surface area contributed by atoms with Crippen molar-refractivity contribution in [1.29, 1.82) is 5.26 Å². The van der Waals surface area contributed by atoms with Gasteiger partial charge in [-0.3, -0.25) is 4.79 Å². The predicted octanol–water partition coefficient (Wildman–Crippen LogP) is 3.54. The number of rotatable bonds is 13. The van der Waals surface area contributed by atoms with Crippen LogP contribution >= 0.6 is 0 Å². The molecule has 0 radical (unpaired) electrons. The Morgan fingerprint density at radius 2 is 1.66 bits per heavy atom. The molecule has 184 valence electrons. The third-order valence-corrected chi connectivity index (χ3v) is 5.71. The van der Waals surface area contributed by atoms with Crippen LogP contribution in [0.3, 0.4) is 0 Å². The molecular weight excluding hydrogens is 442 g/mol. The van der Waals surface area contributed by atoms with Gasteiger partial charge < -0.3 is 24.4 Å². The summed E-state index contributed by atoms with van der Waals surface area (Å²) >= 11 is 0. The number of anilines is 1. The Bertz CT molecular complexity index is 1080. The SMILES string of the molecule is C#CCOCCOCCOCCNC(=O)/C(C#N)=C\c1ccc2cc(N3CCCCC3)ccc2c1. The molecule has 0 unspecified atom stereocenters. The van der Waals surface area contributed by atoms with Crippen molar-refractivity contribution >= 4 is 28.4 Å². The van der Waals surface area contributed by atoms with E-state index in [1.807, 2.05) is 24.3 Å². The first kappa shape index (κ1) is 26.2. The number of hydrogen-bond acceptors (Lipinski definition) is 6. The molecule has 1 aliphatic rings. The number of terminal acetylenes is 1. The minimum Gasteiger partial charge on any atom is -0.377 e. The van der Waals surface area contributed by atoms with E-state index in [9.17, 15) is 10.1 Å². The molecule has 0 saturated carbocycles. The van der Waals surface area contributed by atoms with Crippen molar-refractivity contribution < 1.29 is 19.0 Å². The lowest BCUT2D eigenvalue weighted by atomic mass is 10.0. The molecule has 0 spiro atoms. The molecule has 35 heavy (non-hydrogen) atoms. The summed E-state index contributed by atoms with van der Waals surface area (Å²) in [6.07, 6.45) is 10.5. The predicted molar refractivity (Wildman–Crippen MR) is 138 cm³/mol. The highest BCUT2D eigenvalue weighted by molar-refractivity contribution is 6.02. The smallest absolute Gasteiger partial charge is 0.262 e. The summed E-state index contributed by atoms with van der Waals surface area (Å²) in [6.45, 7) is 4.85. The molecule has 1 aliphatic heterocycles. The molecule has 2 aromatic rings. The minimum absolute atomic E-state index is 0.0598. The molecule has 1 heterocycles. The van der Waals surface area contributed by atoms with Crippen LogP contribution in [0, 0.1) is 23.7 Å². The third-order valence-electron chi connectivity index (χ3n) is 5.71. The van der Waals surface area contributed by atoms with Crippen LogP contribution < -0.4 is 10.2 Å². The Morgan fingerprint density at radius 3 is 2.40 bits per heavy atom. The van der Waals surface area contributed by atoms with Gasteiger partial charge in [0, 0.05) is 25.3 Å². The maximum absolute atomic E-state index is 12.4. The van der Waals surface area contributed by atoms with Crippen molar-refractivity contribution in [2.45, 2.75) is 19.3 Å². The van der Waals surface area contributed by atoms with Crippen LogP contribution in [0.5, 0.6) is 0 Å². The quantitative estimate of drug-likeness (QED) is 0.207. The van der Waals surface area contributed by atoms with Crippen LogP contribution in [0.15, 0.2) is 42.0 Å². The van der Waals surface area contributed by atoms with E-state index in [1.54, 1.807) is 6.08 Å². The maximum Gasteiger partial charge on any atom is 0.262 e. The number of fused-ring (bicyclic) bond motifs is 1. The number of carbonyl (C=O) groups excluding carboxylic acids is 1. The monoisotopic (exact) mass is 475 g/mol. The van der Waals surface area contributed by atoms with Gasteiger partial charge in [0.05, 0.1) is 33.0 Å². The molecule has 0 bridgehead atoms. The second-order valence-corrected chi connectivity index (χ2v) is 8.25. The van der Waals surface area contributed by atoms with E-state index in [-0.39, 0.29) is 12.2 Å². The molecule has 7 heteroatoms.